The van der Waals surface area contributed by atoms with Crippen LogP contribution in [0.2, 0.25) is 0 Å². The van der Waals surface area contributed by atoms with Gasteiger partial charge in [0.05, 0.1) is 10.4 Å². The van der Waals surface area contributed by atoms with Crippen molar-refractivity contribution in [3.05, 3.63) is 33.8 Å². The number of hydrogen-bond acceptors (Lipinski definition) is 1. The topological polar surface area (TPSA) is 17.1 Å². The lowest BCUT2D eigenvalue weighted by Gasteiger charge is -2.11. The molecule has 1 aromatic rings. The number of benzene rings is 1. The molecule has 17 heavy (non-hydrogen) atoms. The van der Waals surface area contributed by atoms with Crippen molar-refractivity contribution in [2.75, 3.05) is 0 Å². The summed E-state index contributed by atoms with van der Waals surface area (Å²) >= 11 is 6.16. The van der Waals surface area contributed by atoms with E-state index in [1.807, 2.05) is 0 Å². The summed E-state index contributed by atoms with van der Waals surface area (Å²) in [5.41, 5.74) is -0.256. The number of ketones is 1. The highest BCUT2D eigenvalue weighted by atomic mass is 79.9. The molecule has 1 atom stereocenters. The van der Waals surface area contributed by atoms with Gasteiger partial charge in [0.1, 0.15) is 5.78 Å². The predicted molar refractivity (Wildman–Crippen MR) is 66.2 cm³/mol. The molecule has 0 saturated carbocycles. The molecule has 0 bridgehead atoms. The third kappa shape index (κ3) is 4.43. The van der Waals surface area contributed by atoms with E-state index in [4.69, 9.17) is 0 Å². The molecule has 0 radical (unpaired) electrons. The summed E-state index contributed by atoms with van der Waals surface area (Å²) in [4.78, 5) is 10.6. The molecular weight excluding hydrogens is 365 g/mol. The Morgan fingerprint density at radius 1 is 1.35 bits per heavy atom. The molecule has 1 rings (SSSR count). The number of alkyl halides is 4. The monoisotopic (exact) mass is 372 g/mol. The van der Waals surface area contributed by atoms with Crippen molar-refractivity contribution in [2.24, 2.45) is 0 Å². The van der Waals surface area contributed by atoms with Crippen molar-refractivity contribution in [3.63, 3.8) is 0 Å². The Kier molecular flexibility index (Phi) is 4.77. The Morgan fingerprint density at radius 3 is 2.41 bits per heavy atom. The first-order valence-electron chi connectivity index (χ1n) is 4.71. The summed E-state index contributed by atoms with van der Waals surface area (Å²) in [6, 6.07) is 3.65. The number of carbonyl (C=O) groups is 1. The van der Waals surface area contributed by atoms with Crippen molar-refractivity contribution >= 4 is 37.6 Å². The quantitative estimate of drug-likeness (QED) is 0.719. The minimum atomic E-state index is -4.38. The fourth-order valence-electron chi connectivity index (χ4n) is 1.28. The molecule has 1 unspecified atom stereocenters. The van der Waals surface area contributed by atoms with Crippen LogP contribution in [0, 0.1) is 0 Å². The fraction of sp³-hybridized carbons (Fsp3) is 0.364. The third-order valence-electron chi connectivity index (χ3n) is 2.14. The van der Waals surface area contributed by atoms with Gasteiger partial charge >= 0.3 is 6.18 Å². The molecule has 0 spiro atoms. The maximum absolute atomic E-state index is 12.5. The summed E-state index contributed by atoms with van der Waals surface area (Å²) in [5.74, 6) is -0.112. The van der Waals surface area contributed by atoms with E-state index >= 15 is 0 Å². The third-order valence-corrected chi connectivity index (χ3v) is 3.57. The normalized spacial score (nSPS) is 13.5. The fourth-order valence-corrected chi connectivity index (χ4v) is 2.20. The van der Waals surface area contributed by atoms with Gasteiger partial charge in [-0.25, -0.2) is 0 Å². The molecule has 0 aliphatic heterocycles. The molecule has 0 amide bonds. The molecule has 0 fully saturated rings. The molecule has 1 nitrogen and oxygen atoms in total. The van der Waals surface area contributed by atoms with E-state index < -0.39 is 16.6 Å². The average Bonchev–Trinajstić information content (AvgIpc) is 2.15. The zero-order chi connectivity index (χ0) is 13.2. The van der Waals surface area contributed by atoms with E-state index in [0.29, 0.717) is 10.0 Å². The Labute approximate surface area is 114 Å². The average molecular weight is 374 g/mol. The van der Waals surface area contributed by atoms with Gasteiger partial charge in [-0.15, -0.1) is 0 Å². The van der Waals surface area contributed by atoms with Crippen LogP contribution in [0.4, 0.5) is 13.2 Å². The summed E-state index contributed by atoms with van der Waals surface area (Å²) in [6.45, 7) is 1.39. The lowest BCUT2D eigenvalue weighted by atomic mass is 10.0. The van der Waals surface area contributed by atoms with Crippen molar-refractivity contribution in [1.29, 1.82) is 0 Å². The van der Waals surface area contributed by atoms with Crippen LogP contribution in [0.15, 0.2) is 22.7 Å². The molecule has 0 aliphatic carbocycles. The molecule has 0 aromatic heterocycles. The van der Waals surface area contributed by atoms with Crippen LogP contribution in [-0.2, 0) is 17.4 Å². The van der Waals surface area contributed by atoms with Gasteiger partial charge in [0, 0.05) is 4.47 Å². The molecule has 94 valence electrons. The van der Waals surface area contributed by atoms with Gasteiger partial charge in [-0.05, 0) is 37.1 Å². The Bertz CT molecular complexity index is 429. The Morgan fingerprint density at radius 2 is 1.94 bits per heavy atom. The molecule has 0 saturated heterocycles. The Hall–Kier alpha value is -0.360. The predicted octanol–water partition coefficient (Wildman–Crippen LogP) is 4.36. The van der Waals surface area contributed by atoms with Gasteiger partial charge in [0.2, 0.25) is 0 Å². The van der Waals surface area contributed by atoms with Gasteiger partial charge in [0.15, 0.2) is 0 Å². The summed E-state index contributed by atoms with van der Waals surface area (Å²) in [7, 11) is 0. The van der Waals surface area contributed by atoms with E-state index in [9.17, 15) is 18.0 Å². The number of carbonyl (C=O) groups excluding carboxylic acids is 1. The zero-order valence-corrected chi connectivity index (χ0v) is 12.0. The van der Waals surface area contributed by atoms with Crippen molar-refractivity contribution in [1.82, 2.24) is 0 Å². The van der Waals surface area contributed by atoms with Crippen LogP contribution >= 0.6 is 31.9 Å². The standard InChI is InChI=1S/C11H9Br2F3O/c1-6(17)10(13)4-7-2-8(11(14,15)16)5-9(12)3-7/h2-3,5,10H,4H2,1H3. The molecule has 0 heterocycles. The molecular formula is C11H9Br2F3O. The van der Waals surface area contributed by atoms with Crippen LogP contribution < -0.4 is 0 Å². The van der Waals surface area contributed by atoms with Crippen LogP contribution in [-0.4, -0.2) is 10.6 Å². The molecule has 0 N–H and O–H groups in total. The largest absolute Gasteiger partial charge is 0.416 e. The van der Waals surface area contributed by atoms with E-state index in [2.05, 4.69) is 31.9 Å². The van der Waals surface area contributed by atoms with Gasteiger partial charge in [-0.2, -0.15) is 13.2 Å². The summed E-state index contributed by atoms with van der Waals surface area (Å²) in [5, 5.41) is 0. The number of hydrogen-bond donors (Lipinski definition) is 0. The zero-order valence-electron chi connectivity index (χ0n) is 8.81. The van der Waals surface area contributed by atoms with Crippen molar-refractivity contribution in [2.45, 2.75) is 24.3 Å². The second-order valence-corrected chi connectivity index (χ2v) is 5.65. The first kappa shape index (κ1) is 14.7. The maximum atomic E-state index is 12.5. The minimum absolute atomic E-state index is 0.112. The second kappa shape index (κ2) is 5.52. The smallest absolute Gasteiger partial charge is 0.299 e. The van der Waals surface area contributed by atoms with E-state index in [-0.39, 0.29) is 12.2 Å². The highest BCUT2D eigenvalue weighted by Crippen LogP contribution is 2.32. The second-order valence-electron chi connectivity index (χ2n) is 3.63. The van der Waals surface area contributed by atoms with Gasteiger partial charge < -0.3 is 0 Å². The summed E-state index contributed by atoms with van der Waals surface area (Å²) < 4.78 is 38.0. The van der Waals surface area contributed by atoms with Crippen LogP contribution in [0.3, 0.4) is 0 Å². The highest BCUT2D eigenvalue weighted by Gasteiger charge is 2.31. The maximum Gasteiger partial charge on any atom is 0.416 e. The molecule has 0 aliphatic rings. The van der Waals surface area contributed by atoms with Crippen LogP contribution in [0.25, 0.3) is 0 Å². The SMILES string of the molecule is CC(=O)C(Br)Cc1cc(Br)cc(C(F)(F)F)c1. The number of rotatable bonds is 3. The number of Topliss-reactive ketones (excluding diaryl/α,β-unsaturated/α-hetero) is 1. The van der Waals surface area contributed by atoms with Crippen molar-refractivity contribution < 1.29 is 18.0 Å². The molecule has 1 aromatic carbocycles. The van der Waals surface area contributed by atoms with Crippen LogP contribution in [0.1, 0.15) is 18.1 Å². The first-order valence-corrected chi connectivity index (χ1v) is 6.42. The minimum Gasteiger partial charge on any atom is -0.299 e. The Balaban J connectivity index is 3.02. The van der Waals surface area contributed by atoms with E-state index in [1.165, 1.54) is 6.92 Å². The van der Waals surface area contributed by atoms with Gasteiger partial charge in [0.25, 0.3) is 0 Å². The van der Waals surface area contributed by atoms with Crippen molar-refractivity contribution in [3.8, 4) is 0 Å². The lowest BCUT2D eigenvalue weighted by Crippen LogP contribution is -2.13. The van der Waals surface area contributed by atoms with Gasteiger partial charge in [-0.3, -0.25) is 4.79 Å². The molecule has 6 heteroatoms. The summed E-state index contributed by atoms with van der Waals surface area (Å²) in [6.07, 6.45) is -4.14. The van der Waals surface area contributed by atoms with E-state index in [0.717, 1.165) is 12.1 Å². The first-order chi connectivity index (χ1) is 7.70. The number of halogens is 5. The van der Waals surface area contributed by atoms with E-state index in [1.54, 1.807) is 6.07 Å². The van der Waals surface area contributed by atoms with Crippen LogP contribution in [0.5, 0.6) is 0 Å². The van der Waals surface area contributed by atoms with Gasteiger partial charge in [-0.1, -0.05) is 31.9 Å². The highest BCUT2D eigenvalue weighted by molar-refractivity contribution is 9.10. The lowest BCUT2D eigenvalue weighted by molar-refractivity contribution is -0.137.